The van der Waals surface area contributed by atoms with Gasteiger partial charge in [-0.15, -0.1) is 0 Å². The van der Waals surface area contributed by atoms with E-state index in [0.29, 0.717) is 36.2 Å². The molecule has 1 amide bonds. The molecule has 4 heterocycles. The lowest BCUT2D eigenvalue weighted by atomic mass is 9.96. The predicted octanol–water partition coefficient (Wildman–Crippen LogP) is 6.10. The number of benzene rings is 1. The van der Waals surface area contributed by atoms with Crippen LogP contribution in [0.5, 0.6) is 0 Å². The quantitative estimate of drug-likeness (QED) is 0.312. The molecule has 0 saturated carbocycles. The van der Waals surface area contributed by atoms with Crippen molar-refractivity contribution in [3.8, 4) is 22.4 Å². The maximum absolute atomic E-state index is 14.8. The molecule has 1 N–H and O–H groups in total. The van der Waals surface area contributed by atoms with Crippen LogP contribution in [0.3, 0.4) is 0 Å². The molecule has 0 unspecified atom stereocenters. The highest BCUT2D eigenvalue weighted by Gasteiger charge is 2.24. The van der Waals surface area contributed by atoms with E-state index in [9.17, 15) is 14.0 Å². The molecule has 0 aliphatic carbocycles. The molecule has 2 bridgehead atoms. The zero-order valence-electron chi connectivity index (χ0n) is 20.2. The van der Waals surface area contributed by atoms with Gasteiger partial charge in [0.05, 0.1) is 39.4 Å². The summed E-state index contributed by atoms with van der Waals surface area (Å²) in [5.41, 5.74) is 2.98. The number of hydrogen-bond acceptors (Lipinski definition) is 4. The van der Waals surface area contributed by atoms with Crippen molar-refractivity contribution in [1.29, 1.82) is 0 Å². The van der Waals surface area contributed by atoms with Crippen LogP contribution < -0.4 is 10.9 Å². The first-order chi connectivity index (χ1) is 17.7. The lowest BCUT2D eigenvalue weighted by molar-refractivity contribution is -0.119. The fourth-order valence-corrected chi connectivity index (χ4v) is 5.19. The number of fused-ring (bicyclic) bond motifs is 4. The monoisotopic (exact) mass is 539 g/mol. The second-order valence-corrected chi connectivity index (χ2v) is 10.0. The summed E-state index contributed by atoms with van der Waals surface area (Å²) < 4.78 is 18.0. The minimum atomic E-state index is -0.675. The van der Waals surface area contributed by atoms with E-state index in [1.807, 2.05) is 19.1 Å². The molecule has 0 saturated heterocycles. The first kappa shape index (κ1) is 25.2. The number of amides is 1. The van der Waals surface area contributed by atoms with Gasteiger partial charge >= 0.3 is 0 Å². The Labute approximate surface area is 222 Å². The fraction of sp³-hybridized carbons (Fsp3) is 0.259. The van der Waals surface area contributed by atoms with Crippen molar-refractivity contribution in [3.05, 3.63) is 86.9 Å². The van der Waals surface area contributed by atoms with Gasteiger partial charge in [0.1, 0.15) is 0 Å². The standard InChI is InChI=1S/C27H24Cl2FN5O2/c1-15-4-3-5-22(20-12-17(8-10-31-20)26-21(33-27(15)37)14-32-34(26)2)35-11-9-16(13-23(35)36)24-18(28)6-7-19(29)25(24)30/h6-15,22H,3-5H2,1-2H3,(H,33,37)/t15-,22+/m1/s1. The van der Waals surface area contributed by atoms with Crippen LogP contribution >= 0.6 is 23.2 Å². The normalized spacial score (nSPS) is 17.9. The number of hydrogen-bond donors (Lipinski definition) is 1. The van der Waals surface area contributed by atoms with E-state index in [1.165, 1.54) is 18.2 Å². The number of nitrogens with zero attached hydrogens (tertiary/aromatic N) is 4. The number of anilines is 1. The molecule has 0 radical (unpaired) electrons. The predicted molar refractivity (Wildman–Crippen MR) is 142 cm³/mol. The van der Waals surface area contributed by atoms with Crippen LogP contribution in [0.25, 0.3) is 22.4 Å². The Kier molecular flexibility index (Phi) is 6.88. The van der Waals surface area contributed by atoms with Crippen LogP contribution in [0.2, 0.25) is 10.0 Å². The van der Waals surface area contributed by atoms with Gasteiger partial charge in [-0.2, -0.15) is 5.10 Å². The molecule has 37 heavy (non-hydrogen) atoms. The lowest BCUT2D eigenvalue weighted by Crippen LogP contribution is -2.26. The Hall–Kier alpha value is -3.49. The first-order valence-electron chi connectivity index (χ1n) is 11.9. The summed E-state index contributed by atoms with van der Waals surface area (Å²) in [4.78, 5) is 30.8. The molecule has 7 nitrogen and oxygen atoms in total. The topological polar surface area (TPSA) is 81.8 Å². The SMILES string of the molecule is C[C@@H]1CCC[C@H](n2ccc(-c3c(Cl)ccc(Cl)c3F)cc2=O)c2cc(ccn2)-c2c(cnn2C)NC1=O. The van der Waals surface area contributed by atoms with Gasteiger partial charge < -0.3 is 9.88 Å². The van der Waals surface area contributed by atoms with E-state index >= 15 is 0 Å². The van der Waals surface area contributed by atoms with E-state index in [4.69, 9.17) is 23.2 Å². The van der Waals surface area contributed by atoms with Gasteiger partial charge in [0.2, 0.25) is 5.91 Å². The largest absolute Gasteiger partial charge is 0.323 e. The number of pyridine rings is 2. The Balaban J connectivity index is 1.61. The average molecular weight is 540 g/mol. The molecular weight excluding hydrogens is 516 g/mol. The van der Waals surface area contributed by atoms with Crippen LogP contribution in [0.15, 0.2) is 59.8 Å². The average Bonchev–Trinajstić information content (AvgIpc) is 3.24. The zero-order valence-corrected chi connectivity index (χ0v) is 21.7. The Morgan fingerprint density at radius 3 is 2.62 bits per heavy atom. The minimum Gasteiger partial charge on any atom is -0.323 e. The molecule has 190 valence electrons. The summed E-state index contributed by atoms with van der Waals surface area (Å²) in [6, 6.07) is 9.25. The maximum Gasteiger partial charge on any atom is 0.251 e. The van der Waals surface area contributed by atoms with Crippen molar-refractivity contribution < 1.29 is 9.18 Å². The Bertz CT molecular complexity index is 1560. The Morgan fingerprint density at radius 2 is 1.84 bits per heavy atom. The highest BCUT2D eigenvalue weighted by Crippen LogP contribution is 2.35. The van der Waals surface area contributed by atoms with Crippen LogP contribution in [0.4, 0.5) is 10.1 Å². The summed E-state index contributed by atoms with van der Waals surface area (Å²) in [5.74, 6) is -0.986. The number of carbonyl (C=O) groups is 1. The third-order valence-corrected chi connectivity index (χ3v) is 7.38. The third-order valence-electron chi connectivity index (χ3n) is 6.77. The van der Waals surface area contributed by atoms with Gasteiger partial charge in [-0.05, 0) is 48.7 Å². The molecule has 0 fully saturated rings. The molecule has 0 spiro atoms. The first-order valence-corrected chi connectivity index (χ1v) is 12.7. The molecule has 5 rings (SSSR count). The highest BCUT2D eigenvalue weighted by molar-refractivity contribution is 6.35. The molecule has 10 heteroatoms. The van der Waals surface area contributed by atoms with Crippen molar-refractivity contribution in [2.24, 2.45) is 13.0 Å². The van der Waals surface area contributed by atoms with Crippen LogP contribution in [0, 0.1) is 11.7 Å². The molecular formula is C27H24Cl2FN5O2. The van der Waals surface area contributed by atoms with Gasteiger partial charge in [-0.1, -0.05) is 36.5 Å². The summed E-state index contributed by atoms with van der Waals surface area (Å²) in [7, 11) is 1.81. The van der Waals surface area contributed by atoms with E-state index in [0.717, 1.165) is 11.3 Å². The van der Waals surface area contributed by atoms with Gasteiger partial charge in [0.15, 0.2) is 5.82 Å². The maximum atomic E-state index is 14.8. The number of aromatic nitrogens is 4. The molecule has 1 aliphatic rings. The lowest BCUT2D eigenvalue weighted by Gasteiger charge is -2.22. The molecule has 2 atom stereocenters. The van der Waals surface area contributed by atoms with E-state index in [2.05, 4.69) is 15.4 Å². The van der Waals surface area contributed by atoms with Gasteiger partial charge in [-0.25, -0.2) is 4.39 Å². The fourth-order valence-electron chi connectivity index (χ4n) is 4.78. The number of nitrogens with one attached hydrogen (secondary N) is 1. The van der Waals surface area contributed by atoms with Gasteiger partial charge in [-0.3, -0.25) is 19.3 Å². The van der Waals surface area contributed by atoms with Crippen molar-refractivity contribution in [1.82, 2.24) is 19.3 Å². The number of carbonyl (C=O) groups excluding carboxylic acids is 1. The third kappa shape index (κ3) is 4.79. The highest BCUT2D eigenvalue weighted by atomic mass is 35.5. The smallest absolute Gasteiger partial charge is 0.251 e. The zero-order chi connectivity index (χ0) is 26.3. The molecule has 4 aromatic rings. The van der Waals surface area contributed by atoms with Gasteiger partial charge in [0, 0.05) is 42.6 Å². The second kappa shape index (κ2) is 10.1. The van der Waals surface area contributed by atoms with Crippen molar-refractivity contribution in [2.75, 3.05) is 5.32 Å². The number of halogens is 3. The van der Waals surface area contributed by atoms with Crippen LogP contribution in [-0.4, -0.2) is 25.2 Å². The van der Waals surface area contributed by atoms with E-state index in [-0.39, 0.29) is 33.0 Å². The summed E-state index contributed by atoms with van der Waals surface area (Å²) >= 11 is 12.2. The summed E-state index contributed by atoms with van der Waals surface area (Å²) in [6.07, 6.45) is 6.85. The summed E-state index contributed by atoms with van der Waals surface area (Å²) in [6.45, 7) is 1.88. The van der Waals surface area contributed by atoms with Crippen molar-refractivity contribution in [2.45, 2.75) is 32.2 Å². The Morgan fingerprint density at radius 1 is 1.05 bits per heavy atom. The van der Waals surface area contributed by atoms with E-state index < -0.39 is 11.9 Å². The van der Waals surface area contributed by atoms with Crippen LogP contribution in [0.1, 0.15) is 37.9 Å². The molecule has 3 aromatic heterocycles. The number of rotatable bonds is 2. The molecule has 1 aromatic carbocycles. The minimum absolute atomic E-state index is 0.0726. The van der Waals surface area contributed by atoms with Gasteiger partial charge in [0.25, 0.3) is 5.56 Å². The molecule has 1 aliphatic heterocycles. The van der Waals surface area contributed by atoms with Crippen LogP contribution in [-0.2, 0) is 11.8 Å². The number of aryl methyl sites for hydroxylation is 1. The van der Waals surface area contributed by atoms with E-state index in [1.54, 1.807) is 41.0 Å². The van der Waals surface area contributed by atoms with Crippen molar-refractivity contribution in [3.63, 3.8) is 0 Å². The summed E-state index contributed by atoms with van der Waals surface area (Å²) in [5, 5.41) is 7.42. The second-order valence-electron chi connectivity index (χ2n) is 9.22. The van der Waals surface area contributed by atoms with Crippen molar-refractivity contribution >= 4 is 34.8 Å².